The second kappa shape index (κ2) is 7.06. The molecule has 5 rings (SSSR count). The number of nitrogens with two attached hydrogens (primary N) is 1. The summed E-state index contributed by atoms with van der Waals surface area (Å²) in [6.45, 7) is 3.80. The normalized spacial score (nSPS) is 12.7. The Balaban J connectivity index is 1.64. The Morgan fingerprint density at radius 3 is 2.48 bits per heavy atom. The van der Waals surface area contributed by atoms with Crippen molar-refractivity contribution < 1.29 is 0 Å². The van der Waals surface area contributed by atoms with Crippen molar-refractivity contribution in [1.82, 2.24) is 15.0 Å². The summed E-state index contributed by atoms with van der Waals surface area (Å²) in [5.74, 6) is 0.815. The summed E-state index contributed by atoms with van der Waals surface area (Å²) in [6, 6.07) is 20.6. The first kappa shape index (κ1) is 17.4. The molecule has 142 valence electrons. The third-order valence-electron chi connectivity index (χ3n) is 5.53. The van der Waals surface area contributed by atoms with Gasteiger partial charge in [-0.25, -0.2) is 4.98 Å². The molecule has 3 N–H and O–H groups in total. The van der Waals surface area contributed by atoms with Crippen molar-refractivity contribution in [3.63, 3.8) is 0 Å². The fourth-order valence-corrected chi connectivity index (χ4v) is 3.98. The maximum absolute atomic E-state index is 5.80. The smallest absolute Gasteiger partial charge is 0.138 e. The number of nitrogens with one attached hydrogen (secondary N) is 1. The van der Waals surface area contributed by atoms with Crippen LogP contribution in [0.2, 0.25) is 0 Å². The van der Waals surface area contributed by atoms with Crippen molar-refractivity contribution in [2.75, 3.05) is 0 Å². The molecule has 4 nitrogen and oxygen atoms in total. The summed E-state index contributed by atoms with van der Waals surface area (Å²) < 4.78 is 0. The number of H-pyrrole nitrogens is 1. The van der Waals surface area contributed by atoms with Gasteiger partial charge in [0.25, 0.3) is 0 Å². The number of pyridine rings is 1. The molecule has 29 heavy (non-hydrogen) atoms. The predicted molar refractivity (Wildman–Crippen MR) is 118 cm³/mol. The minimum absolute atomic E-state index is 0.559. The fourth-order valence-electron chi connectivity index (χ4n) is 3.98. The van der Waals surface area contributed by atoms with Crippen LogP contribution in [0.4, 0.5) is 0 Å². The highest BCUT2D eigenvalue weighted by Gasteiger charge is 2.18. The number of aryl methyl sites for hydroxylation is 2. The lowest BCUT2D eigenvalue weighted by Crippen LogP contribution is -1.93. The summed E-state index contributed by atoms with van der Waals surface area (Å²) in [7, 11) is 0. The van der Waals surface area contributed by atoms with Gasteiger partial charge in [0, 0.05) is 23.0 Å². The van der Waals surface area contributed by atoms with Gasteiger partial charge in [-0.1, -0.05) is 49.0 Å². The molecule has 4 heteroatoms. The number of hydrogen-bond donors (Lipinski definition) is 2. The average molecular weight is 378 g/mol. The first-order valence-corrected chi connectivity index (χ1v) is 9.88. The van der Waals surface area contributed by atoms with E-state index in [1.54, 1.807) is 0 Å². The monoisotopic (exact) mass is 378 g/mol. The molecule has 0 atom stereocenters. The summed E-state index contributed by atoms with van der Waals surface area (Å²) >= 11 is 0. The van der Waals surface area contributed by atoms with Crippen LogP contribution in [0.15, 0.2) is 73.4 Å². The van der Waals surface area contributed by atoms with Crippen LogP contribution in [0, 0.1) is 0 Å². The summed E-state index contributed by atoms with van der Waals surface area (Å²) in [6.07, 6.45) is 5.36. The van der Waals surface area contributed by atoms with E-state index in [2.05, 4.69) is 34.7 Å². The SMILES string of the molecule is C=C(N)c1ccc(-c2nc(-c3ccc4c(c3)CCC4)c(-c3ccccn3)[nH]2)cc1. The zero-order chi connectivity index (χ0) is 19.8. The Bertz CT molecular complexity index is 1190. The molecular formula is C25H22N4. The molecular weight excluding hydrogens is 356 g/mol. The van der Waals surface area contributed by atoms with Gasteiger partial charge in [0.05, 0.1) is 17.1 Å². The summed E-state index contributed by atoms with van der Waals surface area (Å²) in [5.41, 5.74) is 15.1. The van der Waals surface area contributed by atoms with Gasteiger partial charge in [-0.2, -0.15) is 0 Å². The Hall–Kier alpha value is -3.66. The van der Waals surface area contributed by atoms with Crippen molar-refractivity contribution >= 4 is 5.70 Å². The lowest BCUT2D eigenvalue weighted by atomic mass is 10.0. The average Bonchev–Trinajstić information content (AvgIpc) is 3.41. The minimum Gasteiger partial charge on any atom is -0.399 e. The third kappa shape index (κ3) is 3.23. The quantitative estimate of drug-likeness (QED) is 0.511. The van der Waals surface area contributed by atoms with E-state index in [0.717, 1.165) is 46.0 Å². The van der Waals surface area contributed by atoms with E-state index < -0.39 is 0 Å². The summed E-state index contributed by atoms with van der Waals surface area (Å²) in [4.78, 5) is 13.0. The van der Waals surface area contributed by atoms with Gasteiger partial charge >= 0.3 is 0 Å². The molecule has 0 saturated heterocycles. The van der Waals surface area contributed by atoms with Gasteiger partial charge in [-0.05, 0) is 54.2 Å². The van der Waals surface area contributed by atoms with Crippen molar-refractivity contribution in [3.8, 4) is 34.0 Å². The molecule has 4 aromatic rings. The second-order valence-electron chi connectivity index (χ2n) is 7.46. The second-order valence-corrected chi connectivity index (χ2v) is 7.46. The Kier molecular flexibility index (Phi) is 4.24. The van der Waals surface area contributed by atoms with E-state index >= 15 is 0 Å². The van der Waals surface area contributed by atoms with Crippen LogP contribution in [-0.4, -0.2) is 15.0 Å². The highest BCUT2D eigenvalue weighted by molar-refractivity contribution is 5.80. The van der Waals surface area contributed by atoms with Gasteiger partial charge in [-0.15, -0.1) is 0 Å². The number of aromatic amines is 1. The first-order chi connectivity index (χ1) is 14.2. The van der Waals surface area contributed by atoms with Crippen LogP contribution in [0.3, 0.4) is 0 Å². The lowest BCUT2D eigenvalue weighted by molar-refractivity contribution is 0.912. The molecule has 2 heterocycles. The molecule has 0 fully saturated rings. The Morgan fingerprint density at radius 1 is 0.931 bits per heavy atom. The number of aromatic nitrogens is 3. The Labute approximate surface area is 170 Å². The molecule has 0 unspecified atom stereocenters. The van der Waals surface area contributed by atoms with E-state index in [9.17, 15) is 0 Å². The molecule has 1 aliphatic carbocycles. The van der Waals surface area contributed by atoms with Crippen LogP contribution in [0.25, 0.3) is 39.7 Å². The largest absolute Gasteiger partial charge is 0.399 e. The van der Waals surface area contributed by atoms with Crippen molar-refractivity contribution in [1.29, 1.82) is 0 Å². The van der Waals surface area contributed by atoms with E-state index in [1.165, 1.54) is 24.0 Å². The summed E-state index contributed by atoms with van der Waals surface area (Å²) in [5, 5.41) is 0. The maximum atomic E-state index is 5.80. The van der Waals surface area contributed by atoms with Crippen LogP contribution in [0.5, 0.6) is 0 Å². The van der Waals surface area contributed by atoms with E-state index in [-0.39, 0.29) is 0 Å². The Morgan fingerprint density at radius 2 is 1.72 bits per heavy atom. The van der Waals surface area contributed by atoms with Crippen LogP contribution < -0.4 is 5.73 Å². The lowest BCUT2D eigenvalue weighted by Gasteiger charge is -2.05. The first-order valence-electron chi connectivity index (χ1n) is 9.88. The minimum atomic E-state index is 0.559. The van der Waals surface area contributed by atoms with E-state index in [4.69, 9.17) is 10.7 Å². The zero-order valence-corrected chi connectivity index (χ0v) is 16.2. The maximum Gasteiger partial charge on any atom is 0.138 e. The van der Waals surface area contributed by atoms with Crippen LogP contribution in [0.1, 0.15) is 23.1 Å². The number of rotatable bonds is 4. The number of imidazole rings is 1. The van der Waals surface area contributed by atoms with Gasteiger partial charge in [-0.3, -0.25) is 4.98 Å². The standard InChI is InChI=1S/C25H22N4/c1-16(26)17-8-11-19(12-9-17)25-28-23(24(29-25)22-7-2-3-14-27-22)21-13-10-18-5-4-6-20(18)15-21/h2-3,7-15H,1,4-6,26H2,(H,28,29). The van der Waals surface area contributed by atoms with Crippen molar-refractivity contribution in [2.24, 2.45) is 5.73 Å². The van der Waals surface area contributed by atoms with E-state index in [0.29, 0.717) is 5.70 Å². The number of hydrogen-bond acceptors (Lipinski definition) is 3. The van der Waals surface area contributed by atoms with Crippen molar-refractivity contribution in [2.45, 2.75) is 19.3 Å². The van der Waals surface area contributed by atoms with Crippen LogP contribution in [-0.2, 0) is 12.8 Å². The topological polar surface area (TPSA) is 67.6 Å². The van der Waals surface area contributed by atoms with Gasteiger partial charge < -0.3 is 10.7 Å². The highest BCUT2D eigenvalue weighted by atomic mass is 15.0. The molecule has 0 radical (unpaired) electrons. The number of fused-ring (bicyclic) bond motifs is 1. The zero-order valence-electron chi connectivity index (χ0n) is 16.2. The highest BCUT2D eigenvalue weighted by Crippen LogP contribution is 2.34. The molecule has 2 aromatic carbocycles. The van der Waals surface area contributed by atoms with Gasteiger partial charge in [0.2, 0.25) is 0 Å². The van der Waals surface area contributed by atoms with E-state index in [1.807, 2.05) is 48.7 Å². The molecule has 1 aliphatic rings. The number of nitrogens with zero attached hydrogens (tertiary/aromatic N) is 2. The van der Waals surface area contributed by atoms with Gasteiger partial charge in [0.15, 0.2) is 0 Å². The van der Waals surface area contributed by atoms with Crippen molar-refractivity contribution in [3.05, 3.63) is 90.1 Å². The fraction of sp³-hybridized carbons (Fsp3) is 0.120. The molecule has 0 spiro atoms. The molecule has 0 saturated carbocycles. The number of benzene rings is 2. The third-order valence-corrected chi connectivity index (χ3v) is 5.53. The van der Waals surface area contributed by atoms with Crippen LogP contribution >= 0.6 is 0 Å². The predicted octanol–water partition coefficient (Wildman–Crippen LogP) is 5.22. The molecule has 0 amide bonds. The molecule has 0 bridgehead atoms. The molecule has 2 aromatic heterocycles. The van der Waals surface area contributed by atoms with Gasteiger partial charge in [0.1, 0.15) is 5.82 Å². The molecule has 0 aliphatic heterocycles.